The zero-order valence-electron chi connectivity index (χ0n) is 7.10. The lowest BCUT2D eigenvalue weighted by atomic mass is 10.2. The second-order valence-corrected chi connectivity index (χ2v) is 3.55. The van der Waals surface area contributed by atoms with Gasteiger partial charge in [-0.1, -0.05) is 0 Å². The first-order valence-electron chi connectivity index (χ1n) is 3.82. The van der Waals surface area contributed by atoms with Gasteiger partial charge in [0.1, 0.15) is 5.69 Å². The molecule has 2 rings (SSSR count). The molecule has 0 fully saturated rings. The summed E-state index contributed by atoms with van der Waals surface area (Å²) in [6, 6.07) is 1.81. The molecule has 2 aromatic rings. The third kappa shape index (κ3) is 1.53. The number of hydrogen-bond acceptors (Lipinski definition) is 3. The van der Waals surface area contributed by atoms with Crippen molar-refractivity contribution in [1.82, 2.24) is 9.55 Å². The first-order chi connectivity index (χ1) is 6.27. The van der Waals surface area contributed by atoms with Crippen LogP contribution in [-0.2, 0) is 7.05 Å². The fraction of sp³-hybridized carbons (Fsp3) is 0.111. The summed E-state index contributed by atoms with van der Waals surface area (Å²) in [7, 11) is 1.84. The fourth-order valence-corrected chi connectivity index (χ4v) is 1.71. The molecule has 0 saturated carbocycles. The highest BCUT2D eigenvalue weighted by Gasteiger charge is 2.11. The largest absolute Gasteiger partial charge is 0.340 e. The Bertz CT molecular complexity index is 417. The maximum Gasteiger partial charge on any atom is 0.213 e. The van der Waals surface area contributed by atoms with Gasteiger partial charge in [0.25, 0.3) is 0 Å². The molecule has 0 unspecified atom stereocenters. The van der Waals surface area contributed by atoms with Gasteiger partial charge in [-0.2, -0.15) is 11.3 Å². The molecule has 0 saturated heterocycles. The molecule has 66 valence electrons. The Balaban J connectivity index is 2.33. The van der Waals surface area contributed by atoms with Crippen LogP contribution < -0.4 is 0 Å². The number of hydrogen-bond donors (Lipinski definition) is 0. The van der Waals surface area contributed by atoms with Crippen molar-refractivity contribution in [1.29, 1.82) is 0 Å². The SMILES string of the molecule is Cn1cnc(C(=O)c2ccsc2)c1. The third-order valence-corrected chi connectivity index (χ3v) is 2.40. The highest BCUT2D eigenvalue weighted by Crippen LogP contribution is 2.10. The smallest absolute Gasteiger partial charge is 0.213 e. The summed E-state index contributed by atoms with van der Waals surface area (Å²) >= 11 is 1.51. The molecule has 2 aromatic heterocycles. The van der Waals surface area contributed by atoms with Crippen LogP contribution in [0.2, 0.25) is 0 Å². The molecule has 0 aliphatic heterocycles. The van der Waals surface area contributed by atoms with E-state index in [1.165, 1.54) is 11.3 Å². The van der Waals surface area contributed by atoms with Gasteiger partial charge in [-0.15, -0.1) is 0 Å². The maximum atomic E-state index is 11.7. The zero-order chi connectivity index (χ0) is 9.26. The topological polar surface area (TPSA) is 34.9 Å². The van der Waals surface area contributed by atoms with E-state index in [1.54, 1.807) is 17.1 Å². The average molecular weight is 192 g/mol. The van der Waals surface area contributed by atoms with Gasteiger partial charge in [0, 0.05) is 24.2 Å². The van der Waals surface area contributed by atoms with Crippen LogP contribution in [0, 0.1) is 0 Å². The van der Waals surface area contributed by atoms with Crippen LogP contribution in [0.5, 0.6) is 0 Å². The van der Waals surface area contributed by atoms with Crippen molar-refractivity contribution in [2.45, 2.75) is 0 Å². The summed E-state index contributed by atoms with van der Waals surface area (Å²) in [4.78, 5) is 15.6. The van der Waals surface area contributed by atoms with Gasteiger partial charge in [0.2, 0.25) is 5.78 Å². The van der Waals surface area contributed by atoms with E-state index in [-0.39, 0.29) is 5.78 Å². The average Bonchev–Trinajstić information content (AvgIpc) is 2.72. The van der Waals surface area contributed by atoms with Crippen LogP contribution in [0.3, 0.4) is 0 Å². The van der Waals surface area contributed by atoms with E-state index in [9.17, 15) is 4.79 Å². The van der Waals surface area contributed by atoms with Crippen LogP contribution in [0.1, 0.15) is 16.1 Å². The van der Waals surface area contributed by atoms with Gasteiger partial charge in [-0.25, -0.2) is 4.98 Å². The van der Waals surface area contributed by atoms with Crippen LogP contribution in [0.4, 0.5) is 0 Å². The Morgan fingerprint density at radius 3 is 3.00 bits per heavy atom. The van der Waals surface area contributed by atoms with E-state index in [0.29, 0.717) is 11.3 Å². The minimum absolute atomic E-state index is 0.0122. The molecule has 0 aromatic carbocycles. The first-order valence-corrected chi connectivity index (χ1v) is 4.76. The first kappa shape index (κ1) is 8.19. The second kappa shape index (κ2) is 3.14. The normalized spacial score (nSPS) is 10.2. The number of aromatic nitrogens is 2. The molecule has 0 bridgehead atoms. The molecule has 0 aliphatic carbocycles. The van der Waals surface area contributed by atoms with Crippen molar-refractivity contribution in [3.05, 3.63) is 40.6 Å². The summed E-state index contributed by atoms with van der Waals surface area (Å²) < 4.78 is 1.76. The van der Waals surface area contributed by atoms with E-state index in [1.807, 2.05) is 23.9 Å². The third-order valence-electron chi connectivity index (χ3n) is 1.72. The number of rotatable bonds is 2. The predicted molar refractivity (Wildman–Crippen MR) is 51.0 cm³/mol. The number of imidazole rings is 1. The summed E-state index contributed by atoms with van der Waals surface area (Å²) in [6.07, 6.45) is 3.35. The molecule has 3 nitrogen and oxygen atoms in total. The van der Waals surface area contributed by atoms with Gasteiger partial charge in [-0.05, 0) is 11.4 Å². The monoisotopic (exact) mass is 192 g/mol. The summed E-state index contributed by atoms with van der Waals surface area (Å²) in [5, 5.41) is 3.72. The van der Waals surface area contributed by atoms with Crippen molar-refractivity contribution in [3.63, 3.8) is 0 Å². The minimum atomic E-state index is -0.0122. The molecular weight excluding hydrogens is 184 g/mol. The Morgan fingerprint density at radius 1 is 1.62 bits per heavy atom. The van der Waals surface area contributed by atoms with Gasteiger partial charge in [0.15, 0.2) is 0 Å². The Kier molecular flexibility index (Phi) is 1.98. The maximum absolute atomic E-state index is 11.7. The number of aryl methyl sites for hydroxylation is 1. The van der Waals surface area contributed by atoms with Crippen molar-refractivity contribution < 1.29 is 4.79 Å². The van der Waals surface area contributed by atoms with Gasteiger partial charge < -0.3 is 4.57 Å². The van der Waals surface area contributed by atoms with Crippen LogP contribution in [0.25, 0.3) is 0 Å². The molecule has 2 heterocycles. The Hall–Kier alpha value is -1.42. The molecule has 4 heteroatoms. The van der Waals surface area contributed by atoms with E-state index in [2.05, 4.69) is 4.98 Å². The molecule has 0 N–H and O–H groups in total. The van der Waals surface area contributed by atoms with Crippen LogP contribution >= 0.6 is 11.3 Å². The molecule has 0 atom stereocenters. The number of carbonyl (C=O) groups excluding carboxylic acids is 1. The molecular formula is C9H8N2OS. The van der Waals surface area contributed by atoms with E-state index >= 15 is 0 Å². The Morgan fingerprint density at radius 2 is 2.46 bits per heavy atom. The van der Waals surface area contributed by atoms with Crippen LogP contribution in [0.15, 0.2) is 29.4 Å². The summed E-state index contributed by atoms with van der Waals surface area (Å²) in [5.74, 6) is -0.0122. The van der Waals surface area contributed by atoms with Crippen molar-refractivity contribution >= 4 is 17.1 Å². The van der Waals surface area contributed by atoms with E-state index in [4.69, 9.17) is 0 Å². The number of ketones is 1. The summed E-state index contributed by atoms with van der Waals surface area (Å²) in [5.41, 5.74) is 1.21. The number of nitrogens with zero attached hydrogens (tertiary/aromatic N) is 2. The van der Waals surface area contributed by atoms with E-state index < -0.39 is 0 Å². The number of thiophene rings is 1. The van der Waals surface area contributed by atoms with Crippen molar-refractivity contribution in [2.75, 3.05) is 0 Å². The van der Waals surface area contributed by atoms with Gasteiger partial charge in [0.05, 0.1) is 6.33 Å². The van der Waals surface area contributed by atoms with Crippen molar-refractivity contribution in [2.24, 2.45) is 7.05 Å². The lowest BCUT2D eigenvalue weighted by Crippen LogP contribution is -1.99. The fourth-order valence-electron chi connectivity index (χ4n) is 1.07. The summed E-state index contributed by atoms with van der Waals surface area (Å²) in [6.45, 7) is 0. The lowest BCUT2D eigenvalue weighted by molar-refractivity contribution is 0.103. The van der Waals surface area contributed by atoms with Crippen molar-refractivity contribution in [3.8, 4) is 0 Å². The predicted octanol–water partition coefficient (Wildman–Crippen LogP) is 1.71. The van der Waals surface area contributed by atoms with Gasteiger partial charge in [-0.3, -0.25) is 4.79 Å². The Labute approximate surface area is 79.7 Å². The highest BCUT2D eigenvalue weighted by molar-refractivity contribution is 7.08. The molecule has 0 radical (unpaired) electrons. The zero-order valence-corrected chi connectivity index (χ0v) is 7.91. The quantitative estimate of drug-likeness (QED) is 0.679. The van der Waals surface area contributed by atoms with E-state index in [0.717, 1.165) is 0 Å². The van der Waals surface area contributed by atoms with Crippen LogP contribution in [-0.4, -0.2) is 15.3 Å². The number of carbonyl (C=O) groups is 1. The molecule has 0 amide bonds. The lowest BCUT2D eigenvalue weighted by Gasteiger charge is -1.90. The van der Waals surface area contributed by atoms with Gasteiger partial charge >= 0.3 is 0 Å². The highest BCUT2D eigenvalue weighted by atomic mass is 32.1. The molecule has 0 spiro atoms. The minimum Gasteiger partial charge on any atom is -0.340 e. The standard InChI is InChI=1S/C9H8N2OS/c1-11-4-8(10-6-11)9(12)7-2-3-13-5-7/h2-6H,1H3. The second-order valence-electron chi connectivity index (χ2n) is 2.77. The molecule has 0 aliphatic rings. The molecule has 13 heavy (non-hydrogen) atoms.